The predicted octanol–water partition coefficient (Wildman–Crippen LogP) is 3.71. The number of allylic oxidation sites excluding steroid dienone is 1. The Balaban J connectivity index is 2.25. The molecule has 2 nitrogen and oxygen atoms in total. The molecule has 0 saturated heterocycles. The highest BCUT2D eigenvalue weighted by molar-refractivity contribution is 5.81. The van der Waals surface area contributed by atoms with Crippen LogP contribution in [0.15, 0.2) is 12.2 Å². The van der Waals surface area contributed by atoms with E-state index in [-0.39, 0.29) is 5.97 Å². The van der Waals surface area contributed by atoms with Crippen LogP contribution in [-0.4, -0.2) is 12.6 Å². The number of hydrogen-bond donors (Lipinski definition) is 0. The Labute approximate surface area is 99.1 Å². The van der Waals surface area contributed by atoms with E-state index in [0.29, 0.717) is 18.4 Å². The second-order valence-corrected chi connectivity index (χ2v) is 5.13. The molecule has 0 heterocycles. The molecule has 1 rings (SSSR count). The smallest absolute Gasteiger partial charge is 0.330 e. The molecule has 1 fully saturated rings. The van der Waals surface area contributed by atoms with E-state index >= 15 is 0 Å². The summed E-state index contributed by atoms with van der Waals surface area (Å²) in [5.74, 6) is 0.822. The average molecular weight is 224 g/mol. The third-order valence-electron chi connectivity index (χ3n) is 2.96. The maximum Gasteiger partial charge on any atom is 0.330 e. The fourth-order valence-electron chi connectivity index (χ4n) is 2.01. The molecule has 0 radical (unpaired) electrons. The van der Waals surface area contributed by atoms with Crippen LogP contribution >= 0.6 is 0 Å². The highest BCUT2D eigenvalue weighted by atomic mass is 16.5. The molecule has 1 aliphatic carbocycles. The highest BCUT2D eigenvalue weighted by Gasteiger charge is 2.09. The van der Waals surface area contributed by atoms with Gasteiger partial charge in [-0.2, -0.15) is 0 Å². The minimum atomic E-state index is -0.182. The van der Waals surface area contributed by atoms with E-state index in [1.54, 1.807) is 6.08 Å². The standard InChI is InChI=1S/C14H24O2/c1-12(2)11-16-14(15)10-9-13-7-5-3-4-6-8-13/h9-10,12-13H,3-8,11H2,1-2H3/b10-9+. The van der Waals surface area contributed by atoms with Crippen LogP contribution in [-0.2, 0) is 9.53 Å². The second kappa shape index (κ2) is 7.48. The molecule has 0 aromatic carbocycles. The Hall–Kier alpha value is -0.790. The van der Waals surface area contributed by atoms with Gasteiger partial charge < -0.3 is 4.74 Å². The number of carbonyl (C=O) groups excluding carboxylic acids is 1. The van der Waals surface area contributed by atoms with E-state index in [1.165, 1.54) is 38.5 Å². The van der Waals surface area contributed by atoms with E-state index in [2.05, 4.69) is 0 Å². The summed E-state index contributed by atoms with van der Waals surface area (Å²) in [4.78, 5) is 11.4. The maximum atomic E-state index is 11.4. The molecule has 1 saturated carbocycles. The summed E-state index contributed by atoms with van der Waals surface area (Å²) in [6.07, 6.45) is 11.4. The average Bonchev–Trinajstić information content (AvgIpc) is 2.51. The Bertz CT molecular complexity index is 223. The first-order valence-corrected chi connectivity index (χ1v) is 6.53. The topological polar surface area (TPSA) is 26.3 Å². The van der Waals surface area contributed by atoms with Gasteiger partial charge in [-0.1, -0.05) is 45.6 Å². The molecule has 0 spiro atoms. The molecule has 0 bridgehead atoms. The van der Waals surface area contributed by atoms with Crippen LogP contribution in [0.5, 0.6) is 0 Å². The van der Waals surface area contributed by atoms with Gasteiger partial charge in [0, 0.05) is 6.08 Å². The van der Waals surface area contributed by atoms with Gasteiger partial charge in [0.05, 0.1) is 6.61 Å². The first-order chi connectivity index (χ1) is 7.68. The number of rotatable bonds is 4. The van der Waals surface area contributed by atoms with Crippen LogP contribution in [0.4, 0.5) is 0 Å². The lowest BCUT2D eigenvalue weighted by molar-refractivity contribution is -0.138. The van der Waals surface area contributed by atoms with Crippen molar-refractivity contribution in [1.82, 2.24) is 0 Å². The van der Waals surface area contributed by atoms with E-state index in [0.717, 1.165) is 0 Å². The van der Waals surface area contributed by atoms with Crippen LogP contribution in [0.25, 0.3) is 0 Å². The normalized spacial score (nSPS) is 18.9. The maximum absolute atomic E-state index is 11.4. The third-order valence-corrected chi connectivity index (χ3v) is 2.96. The summed E-state index contributed by atoms with van der Waals surface area (Å²) < 4.78 is 5.10. The summed E-state index contributed by atoms with van der Waals surface area (Å²) in [6.45, 7) is 4.61. The van der Waals surface area contributed by atoms with Crippen LogP contribution in [0, 0.1) is 11.8 Å². The van der Waals surface area contributed by atoms with Crippen molar-refractivity contribution in [2.45, 2.75) is 52.4 Å². The monoisotopic (exact) mass is 224 g/mol. The quantitative estimate of drug-likeness (QED) is 0.413. The summed E-state index contributed by atoms with van der Waals surface area (Å²) in [6, 6.07) is 0. The van der Waals surface area contributed by atoms with Gasteiger partial charge >= 0.3 is 5.97 Å². The van der Waals surface area contributed by atoms with Crippen molar-refractivity contribution in [2.75, 3.05) is 6.61 Å². The molecule has 0 atom stereocenters. The molecule has 16 heavy (non-hydrogen) atoms. The van der Waals surface area contributed by atoms with Gasteiger partial charge in [0.25, 0.3) is 0 Å². The third kappa shape index (κ3) is 5.94. The Morgan fingerprint density at radius 3 is 2.44 bits per heavy atom. The summed E-state index contributed by atoms with van der Waals surface area (Å²) >= 11 is 0. The van der Waals surface area contributed by atoms with Gasteiger partial charge in [-0.05, 0) is 24.7 Å². The Morgan fingerprint density at radius 1 is 1.25 bits per heavy atom. The molecule has 1 aliphatic rings. The highest BCUT2D eigenvalue weighted by Crippen LogP contribution is 2.23. The van der Waals surface area contributed by atoms with Crippen molar-refractivity contribution in [3.05, 3.63) is 12.2 Å². The van der Waals surface area contributed by atoms with Gasteiger partial charge in [0.1, 0.15) is 0 Å². The Morgan fingerprint density at radius 2 is 1.88 bits per heavy atom. The molecule has 0 aromatic heterocycles. The lowest BCUT2D eigenvalue weighted by Gasteiger charge is -2.08. The van der Waals surface area contributed by atoms with Gasteiger partial charge in [-0.25, -0.2) is 4.79 Å². The van der Waals surface area contributed by atoms with Gasteiger partial charge in [0.2, 0.25) is 0 Å². The Kier molecular flexibility index (Phi) is 6.20. The molecule has 0 N–H and O–H groups in total. The van der Waals surface area contributed by atoms with Crippen molar-refractivity contribution < 1.29 is 9.53 Å². The second-order valence-electron chi connectivity index (χ2n) is 5.13. The van der Waals surface area contributed by atoms with Crippen molar-refractivity contribution in [3.63, 3.8) is 0 Å². The van der Waals surface area contributed by atoms with Crippen molar-refractivity contribution in [2.24, 2.45) is 11.8 Å². The number of ether oxygens (including phenoxy) is 1. The summed E-state index contributed by atoms with van der Waals surface area (Å²) in [7, 11) is 0. The number of carbonyl (C=O) groups is 1. The summed E-state index contributed by atoms with van der Waals surface area (Å²) in [5.41, 5.74) is 0. The fraction of sp³-hybridized carbons (Fsp3) is 0.786. The lowest BCUT2D eigenvalue weighted by Crippen LogP contribution is -2.07. The van der Waals surface area contributed by atoms with Gasteiger partial charge in [-0.15, -0.1) is 0 Å². The molecule has 0 aromatic rings. The van der Waals surface area contributed by atoms with Crippen LogP contribution < -0.4 is 0 Å². The van der Waals surface area contributed by atoms with Crippen molar-refractivity contribution in [3.8, 4) is 0 Å². The molecule has 2 heteroatoms. The minimum absolute atomic E-state index is 0.182. The molecular formula is C14H24O2. The zero-order valence-corrected chi connectivity index (χ0v) is 10.6. The van der Waals surface area contributed by atoms with Crippen LogP contribution in [0.3, 0.4) is 0 Å². The SMILES string of the molecule is CC(C)COC(=O)/C=C/C1CCCCCC1. The number of esters is 1. The lowest BCUT2D eigenvalue weighted by atomic mass is 10.00. The fourth-order valence-corrected chi connectivity index (χ4v) is 2.01. The zero-order valence-electron chi connectivity index (χ0n) is 10.6. The zero-order chi connectivity index (χ0) is 11.8. The van der Waals surface area contributed by atoms with Crippen LogP contribution in [0.1, 0.15) is 52.4 Å². The van der Waals surface area contributed by atoms with Gasteiger partial charge in [0.15, 0.2) is 0 Å². The number of hydrogen-bond acceptors (Lipinski definition) is 2. The van der Waals surface area contributed by atoms with Crippen molar-refractivity contribution in [1.29, 1.82) is 0 Å². The van der Waals surface area contributed by atoms with E-state index in [4.69, 9.17) is 4.74 Å². The van der Waals surface area contributed by atoms with Crippen molar-refractivity contribution >= 4 is 5.97 Å². The van der Waals surface area contributed by atoms with Gasteiger partial charge in [-0.3, -0.25) is 0 Å². The largest absolute Gasteiger partial charge is 0.462 e. The molecule has 0 unspecified atom stereocenters. The first kappa shape index (κ1) is 13.3. The molecular weight excluding hydrogens is 200 g/mol. The summed E-state index contributed by atoms with van der Waals surface area (Å²) in [5, 5.41) is 0. The van der Waals surface area contributed by atoms with E-state index in [1.807, 2.05) is 19.9 Å². The minimum Gasteiger partial charge on any atom is -0.462 e. The predicted molar refractivity (Wildman–Crippen MR) is 66.1 cm³/mol. The van der Waals surface area contributed by atoms with E-state index in [9.17, 15) is 4.79 Å². The molecule has 92 valence electrons. The molecule has 0 aliphatic heterocycles. The van der Waals surface area contributed by atoms with E-state index < -0.39 is 0 Å². The molecule has 0 amide bonds. The van der Waals surface area contributed by atoms with Crippen LogP contribution in [0.2, 0.25) is 0 Å². The first-order valence-electron chi connectivity index (χ1n) is 6.53.